The van der Waals surface area contributed by atoms with Crippen molar-refractivity contribution in [2.45, 2.75) is 106 Å². The highest BCUT2D eigenvalue weighted by molar-refractivity contribution is 5.99. The van der Waals surface area contributed by atoms with Gasteiger partial charge in [0.25, 0.3) is 0 Å². The van der Waals surface area contributed by atoms with Crippen LogP contribution in [0.1, 0.15) is 97.5 Å². The van der Waals surface area contributed by atoms with Crippen molar-refractivity contribution in [1.82, 2.24) is 42.1 Å². The molecule has 0 radical (unpaired) electrons. The van der Waals surface area contributed by atoms with Crippen LogP contribution in [0.4, 0.5) is 0 Å². The number of hydrogen-bond donors (Lipinski definition) is 8. The average molecular weight is 2080 g/mol. The van der Waals surface area contributed by atoms with Gasteiger partial charge in [-0.2, -0.15) is 0 Å². The predicted molar refractivity (Wildman–Crippen MR) is 515 cm³/mol. The van der Waals surface area contributed by atoms with E-state index in [9.17, 15) is 110 Å². The number of morpholine rings is 1. The molecule has 0 saturated carbocycles. The molecule has 1 saturated heterocycles. The van der Waals surface area contributed by atoms with Gasteiger partial charge in [-0.05, 0) is 73.1 Å². The van der Waals surface area contributed by atoms with Crippen LogP contribution in [0.2, 0.25) is 0 Å². The lowest BCUT2D eigenvalue weighted by molar-refractivity contribution is -0.167. The molecule has 1 fully saturated rings. The van der Waals surface area contributed by atoms with Crippen LogP contribution in [0.25, 0.3) is 0 Å². The Morgan fingerprint density at radius 2 is 0.604 bits per heavy atom. The van der Waals surface area contributed by atoms with Crippen LogP contribution in [0.3, 0.4) is 0 Å². The topological polar surface area (TPSA) is 665 Å². The molecule has 49 nitrogen and oxygen atoms in total. The SMILES string of the molecule is C=C1CC(COC(=O)/C=C/C(=O)O)=CC(=O)N1.C=C1CC(COC(=O)/C=C/C(=O)OC(C)C)=CC(=O)N1.C=C1CC(COC(=O)/C=C/C(=O)OC)=CC(=O)N1.C=C1CC(COC(=O)/C=C/C(=O)OCC)=CC(=O)N1.C=C1CC(COC(=O)/C=C/C(=O)OCCCN2CCOCC2)=CC(=O)N1.C=C1CC(COC(=O)/C=C/C(=O)OCOC(=O)C(C)C)=CC(=O)N1.C=C1CC(COC(=O)/C=C/C(=O)OCc2oc(=O)oc2C)=CC(=O)N1. The summed E-state index contributed by atoms with van der Waals surface area (Å²) in [7, 11) is 1.20. The summed E-state index contributed by atoms with van der Waals surface area (Å²) >= 11 is 0. The zero-order chi connectivity index (χ0) is 111. The number of carbonyl (C=O) groups is 22. The van der Waals surface area contributed by atoms with E-state index in [0.717, 1.165) is 118 Å². The molecule has 8 aliphatic heterocycles. The van der Waals surface area contributed by atoms with Crippen molar-refractivity contribution in [2.75, 3.05) is 106 Å². The van der Waals surface area contributed by atoms with Gasteiger partial charge in [0.05, 0.1) is 45.6 Å². The summed E-state index contributed by atoms with van der Waals surface area (Å²) in [4.78, 5) is 259. The summed E-state index contributed by atoms with van der Waals surface area (Å²) in [5.41, 5.74) is 8.14. The summed E-state index contributed by atoms with van der Waals surface area (Å²) in [6, 6.07) is 0. The van der Waals surface area contributed by atoms with Crippen LogP contribution in [-0.4, -0.2) is 253 Å². The molecule has 9 rings (SSSR count). The van der Waals surface area contributed by atoms with E-state index in [0.29, 0.717) is 137 Å². The van der Waals surface area contributed by atoms with Crippen molar-refractivity contribution in [3.63, 3.8) is 0 Å². The van der Waals surface area contributed by atoms with Crippen LogP contribution in [0, 0.1) is 12.8 Å². The first-order valence-corrected chi connectivity index (χ1v) is 44.5. The second kappa shape index (κ2) is 68.9. The molecule has 1 aromatic heterocycles. The smallest absolute Gasteiger partial charge is 0.478 e. The number of nitrogens with zero attached hydrogens (tertiary/aromatic N) is 1. The van der Waals surface area contributed by atoms with Gasteiger partial charge in [0.15, 0.2) is 18.1 Å². The lowest BCUT2D eigenvalue weighted by Crippen LogP contribution is -2.37. The molecule has 0 aliphatic carbocycles. The molecule has 8 N–H and O–H groups in total. The molecule has 0 atom stereocenters. The van der Waals surface area contributed by atoms with Crippen molar-refractivity contribution in [1.29, 1.82) is 0 Å². The molecule has 1 aromatic rings. The summed E-state index contributed by atoms with van der Waals surface area (Å²) in [5, 5.41) is 25.9. The number of carbonyl (C=O) groups excluding carboxylic acids is 21. The van der Waals surface area contributed by atoms with Gasteiger partial charge in [0, 0.05) is 232 Å². The van der Waals surface area contributed by atoms with Crippen LogP contribution in [0.15, 0.2) is 266 Å². The van der Waals surface area contributed by atoms with E-state index in [2.05, 4.69) is 116 Å². The summed E-state index contributed by atoms with van der Waals surface area (Å²) < 4.78 is 81.5. The number of nitrogens with one attached hydrogen (secondary N) is 7. The second-order valence-electron chi connectivity index (χ2n) is 31.4. The molecule has 0 bridgehead atoms. The second-order valence-corrected chi connectivity index (χ2v) is 31.4. The van der Waals surface area contributed by atoms with Gasteiger partial charge in [-0.1, -0.05) is 59.9 Å². The standard InChI is InChI=1S/C18H24N2O6.C16H15NO8.C16H19NO7.C14H17NO5.C13H15NO5.C12H13NO5.C11H11NO5/c1-14-11-15(12-16(21)19-14)13-26-18(23)4-3-17(22)25-8-2-5-20-6-9-24-10-7-20;1-9-5-11(6-13(18)17-9)7-22-14(19)3-4-15(20)23-8-12-10(2)24-16(21)25-12;1-10(2)16(21)24-9-23-15(20)5-4-14(19)22-8-12-6-11(3)17-13(18)7-12;1-9(2)20-14(18)5-4-13(17)19-8-11-6-10(3)15-12(16)7-11;1-3-18-12(16)4-5-13(17)19-8-10-6-9(2)14-11(15)7-10;1-8-5-9(6-10(14)13-8)7-18-12(16)4-3-11(15)17-2;1-7-4-8(5-9(13)12-7)6-17-11(16)3-2-10(14)15/h3-4,12H,1-2,5-11,13H2,(H,19,21);3-4,6H,1,5,7-8H2,2H3,(H,17,18);4-5,7,10H,3,6,8-9H2,1-2H3,(H,17,18);4-5,7,9H,3,6,8H2,1-2H3,(H,15,16);4-5,7H,2-3,6,8H2,1H3,(H,14,15);3-4,6H,1,5,7H2,2H3,(H,13,14);2-3,5H,1,4,6H2,(H,12,13)(H,14,15)/b2*4-3+;3*5-4+;4-3+;3-2+. The Labute approximate surface area is 852 Å². The number of carboxylic acid groups (broad SMARTS) is 1. The van der Waals surface area contributed by atoms with Gasteiger partial charge in [-0.3, -0.25) is 43.3 Å². The number of carboxylic acids is 1. The van der Waals surface area contributed by atoms with Gasteiger partial charge in [-0.25, -0.2) is 71.9 Å². The van der Waals surface area contributed by atoms with Crippen LogP contribution < -0.4 is 43.0 Å². The third-order valence-electron chi connectivity index (χ3n) is 17.7. The molecular formula is C100H114N8O41. The number of ether oxygens (including phenoxy) is 15. The normalized spacial score (nSPS) is 15.4. The number of rotatable bonds is 39. The number of esters is 14. The molecule has 7 amide bonds. The minimum Gasteiger partial charge on any atom is -0.478 e. The molecule has 800 valence electrons. The number of methoxy groups -OCH3 is 1. The number of allylic oxidation sites excluding steroid dienone is 7. The minimum atomic E-state index is -1.23. The highest BCUT2D eigenvalue weighted by Gasteiger charge is 2.23. The number of aryl methyl sites for hydroxylation is 1. The van der Waals surface area contributed by atoms with Crippen molar-refractivity contribution < 1.29 is 190 Å². The van der Waals surface area contributed by atoms with Gasteiger partial charge >= 0.3 is 95.4 Å². The zero-order valence-corrected chi connectivity index (χ0v) is 82.4. The first kappa shape index (κ1) is 125. The van der Waals surface area contributed by atoms with E-state index >= 15 is 0 Å². The number of amides is 7. The predicted octanol–water partition coefficient (Wildman–Crippen LogP) is 3.66. The Kier molecular flexibility index (Phi) is 57.8. The summed E-state index contributed by atoms with van der Waals surface area (Å²) in [6.07, 6.45) is 25.8. The Morgan fingerprint density at radius 1 is 0.349 bits per heavy atom. The molecule has 9 heterocycles. The minimum absolute atomic E-state index is 0.0154. The van der Waals surface area contributed by atoms with E-state index in [1.165, 1.54) is 56.6 Å². The average Bonchev–Trinajstić information content (AvgIpc) is 1.78. The highest BCUT2D eigenvalue weighted by Crippen LogP contribution is 2.20. The molecule has 49 heteroatoms. The van der Waals surface area contributed by atoms with Crippen LogP contribution in [-0.2, 0) is 183 Å². The Bertz CT molecular complexity index is 5790. The number of aliphatic carboxylic acids is 1. The number of hydrogen-bond acceptors (Lipinski definition) is 41. The van der Waals surface area contributed by atoms with Crippen molar-refractivity contribution in [2.24, 2.45) is 5.92 Å². The first-order chi connectivity index (χ1) is 70.5. The monoisotopic (exact) mass is 2080 g/mol. The zero-order valence-electron chi connectivity index (χ0n) is 82.4. The van der Waals surface area contributed by atoms with E-state index < -0.39 is 102 Å². The molecule has 8 aliphatic rings. The third-order valence-corrected chi connectivity index (χ3v) is 17.7. The maximum atomic E-state index is 11.6. The largest absolute Gasteiger partial charge is 0.519 e. The van der Waals surface area contributed by atoms with Crippen molar-refractivity contribution in [3.05, 3.63) is 275 Å². The first-order valence-electron chi connectivity index (χ1n) is 44.5. The highest BCUT2D eigenvalue weighted by atomic mass is 16.7. The van der Waals surface area contributed by atoms with E-state index in [1.807, 2.05) is 0 Å². The Balaban J connectivity index is 0.000000449. The van der Waals surface area contributed by atoms with Gasteiger partial charge < -0.3 is 122 Å². The van der Waals surface area contributed by atoms with E-state index in [4.69, 9.17) is 57.2 Å². The molecular weight excluding hydrogens is 1970 g/mol. The third kappa shape index (κ3) is 60.8. The lowest BCUT2D eigenvalue weighted by atomic mass is 10.1. The van der Waals surface area contributed by atoms with E-state index in [1.54, 1.807) is 34.6 Å². The Hall–Kier alpha value is -18.2. The fourth-order valence-electron chi connectivity index (χ4n) is 11.4. The maximum absolute atomic E-state index is 11.6. The quantitative estimate of drug-likeness (QED) is 0.0153. The van der Waals surface area contributed by atoms with Gasteiger partial charge in [0.1, 0.15) is 46.2 Å². The molecule has 0 spiro atoms. The molecule has 0 unspecified atom stereocenters. The Morgan fingerprint density at radius 3 is 0.852 bits per heavy atom. The fraction of sp³-hybridized carbons (Fsp3) is 0.330. The molecule has 0 aromatic carbocycles. The summed E-state index contributed by atoms with van der Waals surface area (Å²) in [5.74, 6) is -14.0. The molecule has 149 heavy (non-hydrogen) atoms. The maximum Gasteiger partial charge on any atom is 0.519 e. The van der Waals surface area contributed by atoms with Crippen molar-refractivity contribution in [3.8, 4) is 0 Å². The summed E-state index contributed by atoms with van der Waals surface area (Å²) in [6.45, 7) is 38.7. The van der Waals surface area contributed by atoms with E-state index in [-0.39, 0.29) is 124 Å². The van der Waals surface area contributed by atoms with Gasteiger partial charge in [-0.15, -0.1) is 0 Å². The van der Waals surface area contributed by atoms with Crippen LogP contribution >= 0.6 is 0 Å². The van der Waals surface area contributed by atoms with Crippen molar-refractivity contribution >= 4 is 131 Å². The van der Waals surface area contributed by atoms with Gasteiger partial charge in [0.2, 0.25) is 48.1 Å². The van der Waals surface area contributed by atoms with Crippen LogP contribution in [0.5, 0.6) is 0 Å². The lowest BCUT2D eigenvalue weighted by Gasteiger charge is -2.26. The fourth-order valence-corrected chi connectivity index (χ4v) is 11.4.